The maximum absolute atomic E-state index is 12.2. The first-order valence-corrected chi connectivity index (χ1v) is 13.9. The number of phosphoric ester groups is 2. The monoisotopic (exact) mass is 615 g/mol. The van der Waals surface area contributed by atoms with Crippen LogP contribution in [0.3, 0.4) is 0 Å². The molecule has 1 fully saturated rings. The highest BCUT2D eigenvalue weighted by atomic mass is 79.9. The second-order valence-corrected chi connectivity index (χ2v) is 10.7. The van der Waals surface area contributed by atoms with E-state index in [9.17, 15) is 43.5 Å². The molecule has 19 heteroatoms. The van der Waals surface area contributed by atoms with Gasteiger partial charge >= 0.3 is 21.3 Å². The molecule has 1 saturated heterocycles. The summed E-state index contributed by atoms with van der Waals surface area (Å²) in [6.07, 6.45) is -5.36. The standard InChI is InChI=1S/C17H20BrN3O13P2/c18-7-13(23)19-9-1-3-10(4-2-9)33-36(29,30)34-35(27,28)31-8-11-14(24)15(25)16(32-11)21-6-5-12(22)20-17(21)26/h1-6,11,14-16,24-25H,7-8H2,(H,19,23)(H,27,28)(H,29,30)(H,20,22,26)/t11-,14-,15-,16-/m1/s1. The summed E-state index contributed by atoms with van der Waals surface area (Å²) in [6, 6.07) is 6.00. The fourth-order valence-corrected chi connectivity index (χ4v) is 5.22. The molecule has 6 N–H and O–H groups in total. The van der Waals surface area contributed by atoms with Crippen molar-refractivity contribution in [3.63, 3.8) is 0 Å². The Kier molecular flexibility index (Phi) is 9.06. The summed E-state index contributed by atoms with van der Waals surface area (Å²) in [4.78, 5) is 56.0. The number of amides is 1. The smallest absolute Gasteiger partial charge is 0.404 e. The molecule has 1 aromatic heterocycles. The van der Waals surface area contributed by atoms with Crippen molar-refractivity contribution in [3.8, 4) is 5.75 Å². The molecule has 0 radical (unpaired) electrons. The second kappa shape index (κ2) is 11.5. The van der Waals surface area contributed by atoms with Gasteiger partial charge in [-0.3, -0.25) is 28.6 Å². The number of hydrogen-bond acceptors (Lipinski definition) is 11. The number of nitrogens with zero attached hydrogens (tertiary/aromatic N) is 1. The number of carbonyl (C=O) groups excluding carboxylic acids is 1. The first-order chi connectivity index (χ1) is 16.8. The van der Waals surface area contributed by atoms with Crippen molar-refractivity contribution in [2.75, 3.05) is 17.3 Å². The predicted octanol–water partition coefficient (Wildman–Crippen LogP) is -0.198. The molecular formula is C17H20BrN3O13P2. The predicted molar refractivity (Wildman–Crippen MR) is 123 cm³/mol. The number of benzene rings is 1. The lowest BCUT2D eigenvalue weighted by molar-refractivity contribution is -0.113. The van der Waals surface area contributed by atoms with E-state index >= 15 is 0 Å². The molecular weight excluding hydrogens is 596 g/mol. The average molecular weight is 616 g/mol. The highest BCUT2D eigenvalue weighted by Crippen LogP contribution is 2.60. The van der Waals surface area contributed by atoms with E-state index in [1.54, 1.807) is 0 Å². The van der Waals surface area contributed by atoms with Crippen LogP contribution in [0.25, 0.3) is 0 Å². The summed E-state index contributed by atoms with van der Waals surface area (Å²) >= 11 is 2.97. The van der Waals surface area contributed by atoms with E-state index in [4.69, 9.17) is 9.26 Å². The Balaban J connectivity index is 1.59. The minimum Gasteiger partial charge on any atom is -0.404 e. The Morgan fingerprint density at radius 2 is 1.78 bits per heavy atom. The van der Waals surface area contributed by atoms with E-state index in [1.165, 1.54) is 24.3 Å². The molecule has 36 heavy (non-hydrogen) atoms. The fraction of sp³-hybridized carbons (Fsp3) is 0.353. The van der Waals surface area contributed by atoms with E-state index in [-0.39, 0.29) is 17.0 Å². The van der Waals surface area contributed by atoms with Crippen LogP contribution in [-0.2, 0) is 27.5 Å². The van der Waals surface area contributed by atoms with Crippen LogP contribution in [0.4, 0.5) is 5.69 Å². The molecule has 1 aromatic carbocycles. The number of aliphatic hydroxyl groups is 2. The van der Waals surface area contributed by atoms with Crippen LogP contribution >= 0.6 is 31.6 Å². The van der Waals surface area contributed by atoms with Crippen molar-refractivity contribution in [1.82, 2.24) is 9.55 Å². The van der Waals surface area contributed by atoms with E-state index < -0.39 is 58.0 Å². The number of aliphatic hydroxyl groups excluding tert-OH is 2. The third-order valence-electron chi connectivity index (χ3n) is 4.55. The molecule has 16 nitrogen and oxygen atoms in total. The van der Waals surface area contributed by atoms with Crippen LogP contribution in [0, 0.1) is 0 Å². The van der Waals surface area contributed by atoms with E-state index in [1.807, 2.05) is 4.98 Å². The first kappa shape index (κ1) is 28.4. The lowest BCUT2D eigenvalue weighted by Gasteiger charge is -2.19. The number of aromatic nitrogens is 2. The zero-order chi connectivity index (χ0) is 26.7. The molecule has 2 aromatic rings. The van der Waals surface area contributed by atoms with E-state index in [2.05, 4.69) is 30.1 Å². The van der Waals surface area contributed by atoms with Crippen LogP contribution in [0.15, 0.2) is 46.1 Å². The Bertz CT molecular complexity index is 1300. The van der Waals surface area contributed by atoms with Gasteiger partial charge in [-0.05, 0) is 24.3 Å². The Labute approximate surface area is 209 Å². The topological polar surface area (TPSA) is 236 Å². The zero-order valence-corrected chi connectivity index (χ0v) is 21.2. The lowest BCUT2D eigenvalue weighted by Crippen LogP contribution is -2.37. The number of rotatable bonds is 10. The van der Waals surface area contributed by atoms with Gasteiger partial charge in [0.1, 0.15) is 24.1 Å². The lowest BCUT2D eigenvalue weighted by atomic mass is 10.1. The van der Waals surface area contributed by atoms with Gasteiger partial charge in [-0.2, -0.15) is 4.31 Å². The third kappa shape index (κ3) is 7.43. The summed E-state index contributed by atoms with van der Waals surface area (Å²) in [5, 5.41) is 22.8. The maximum atomic E-state index is 12.2. The number of halogens is 1. The molecule has 198 valence electrons. The molecule has 3 rings (SSSR count). The molecule has 2 unspecified atom stereocenters. The summed E-state index contributed by atoms with van der Waals surface area (Å²) in [5.74, 6) is -0.594. The summed E-state index contributed by atoms with van der Waals surface area (Å²) in [6.45, 7) is -0.914. The van der Waals surface area contributed by atoms with Gasteiger partial charge in [0.2, 0.25) is 5.91 Å². The van der Waals surface area contributed by atoms with Gasteiger partial charge in [0, 0.05) is 18.0 Å². The van der Waals surface area contributed by atoms with Gasteiger partial charge in [-0.25, -0.2) is 13.9 Å². The minimum absolute atomic E-state index is 0.0465. The van der Waals surface area contributed by atoms with Gasteiger partial charge in [0.15, 0.2) is 6.23 Å². The Morgan fingerprint density at radius 1 is 1.11 bits per heavy atom. The Morgan fingerprint density at radius 3 is 2.39 bits per heavy atom. The number of hydrogen-bond donors (Lipinski definition) is 6. The number of phosphoric acid groups is 2. The second-order valence-electron chi connectivity index (χ2n) is 7.18. The molecule has 1 aliphatic heterocycles. The maximum Gasteiger partial charge on any atom is 0.536 e. The highest BCUT2D eigenvalue weighted by Gasteiger charge is 2.46. The molecule has 1 amide bonds. The molecule has 6 atom stereocenters. The quantitative estimate of drug-likeness (QED) is 0.150. The summed E-state index contributed by atoms with van der Waals surface area (Å²) in [7, 11) is -10.5. The van der Waals surface area contributed by atoms with Gasteiger partial charge in [0.05, 0.1) is 11.9 Å². The highest BCUT2D eigenvalue weighted by molar-refractivity contribution is 9.09. The van der Waals surface area contributed by atoms with Crippen molar-refractivity contribution in [3.05, 3.63) is 57.4 Å². The molecule has 0 saturated carbocycles. The van der Waals surface area contributed by atoms with Gasteiger partial charge in [-0.1, -0.05) is 15.9 Å². The van der Waals surface area contributed by atoms with Crippen molar-refractivity contribution in [1.29, 1.82) is 0 Å². The third-order valence-corrected chi connectivity index (χ3v) is 7.63. The molecule has 0 bridgehead atoms. The van der Waals surface area contributed by atoms with Crippen LogP contribution in [0.5, 0.6) is 5.75 Å². The molecule has 0 spiro atoms. The summed E-state index contributed by atoms with van der Waals surface area (Å²) in [5.41, 5.74) is -1.32. The number of H-pyrrole nitrogens is 1. The van der Waals surface area contributed by atoms with Crippen LogP contribution in [0.2, 0.25) is 0 Å². The molecule has 2 heterocycles. The zero-order valence-electron chi connectivity index (χ0n) is 17.9. The minimum atomic E-state index is -5.28. The van der Waals surface area contributed by atoms with Crippen LogP contribution in [0.1, 0.15) is 6.23 Å². The number of nitrogens with one attached hydrogen (secondary N) is 2. The number of anilines is 1. The van der Waals surface area contributed by atoms with Gasteiger partial charge < -0.3 is 29.7 Å². The Hall–Kier alpha value is -2.17. The number of ether oxygens (including phenoxy) is 1. The average Bonchev–Trinajstić information content (AvgIpc) is 3.06. The number of aromatic amines is 1. The van der Waals surface area contributed by atoms with Crippen molar-refractivity contribution < 1.29 is 52.0 Å². The largest absolute Gasteiger partial charge is 0.536 e. The van der Waals surface area contributed by atoms with E-state index in [0.29, 0.717) is 5.69 Å². The van der Waals surface area contributed by atoms with Crippen molar-refractivity contribution in [2.45, 2.75) is 24.5 Å². The first-order valence-electron chi connectivity index (χ1n) is 9.80. The normalized spacial score (nSPS) is 25.0. The summed E-state index contributed by atoms with van der Waals surface area (Å²) < 4.78 is 43.9. The van der Waals surface area contributed by atoms with E-state index in [0.717, 1.165) is 16.8 Å². The fourth-order valence-electron chi connectivity index (χ4n) is 2.99. The molecule has 0 aliphatic carbocycles. The van der Waals surface area contributed by atoms with Crippen LogP contribution in [-0.4, -0.2) is 65.7 Å². The number of alkyl halides is 1. The molecule has 1 aliphatic rings. The van der Waals surface area contributed by atoms with Crippen molar-refractivity contribution >= 4 is 43.2 Å². The van der Waals surface area contributed by atoms with Crippen molar-refractivity contribution in [2.24, 2.45) is 0 Å². The van der Waals surface area contributed by atoms with Crippen LogP contribution < -0.4 is 21.1 Å². The van der Waals surface area contributed by atoms with Gasteiger partial charge in [-0.15, -0.1) is 0 Å². The number of carbonyl (C=O) groups is 1. The van der Waals surface area contributed by atoms with Gasteiger partial charge in [0.25, 0.3) is 5.56 Å². The SMILES string of the molecule is O=C(CBr)Nc1ccc(OP(=O)(O)OP(=O)(O)OC[C@H]2O[C@@H](n3ccc(=O)[nH]c3=O)[C@H](O)[C@@H]2O)cc1.